The van der Waals surface area contributed by atoms with Crippen LogP contribution in [0.4, 0.5) is 34.5 Å². The van der Waals surface area contributed by atoms with E-state index in [0.29, 0.717) is 57.6 Å². The normalized spacial score (nSPS) is 18.5. The third-order valence-corrected chi connectivity index (χ3v) is 17.9. The van der Waals surface area contributed by atoms with Crippen molar-refractivity contribution in [2.45, 2.75) is 50.6 Å². The van der Waals surface area contributed by atoms with Gasteiger partial charge in [0, 0.05) is 107 Å². The maximum atomic E-state index is 13.7. The van der Waals surface area contributed by atoms with Gasteiger partial charge in [-0.15, -0.1) is 0 Å². The van der Waals surface area contributed by atoms with Gasteiger partial charge in [-0.25, -0.2) is 9.78 Å². The molecule has 0 bridgehead atoms. The molecule has 4 aromatic carbocycles. The molecule has 4 aliphatic rings. The van der Waals surface area contributed by atoms with E-state index in [4.69, 9.17) is 21.3 Å². The summed E-state index contributed by atoms with van der Waals surface area (Å²) in [6, 6.07) is 25.9. The Kier molecular flexibility index (Phi) is 14.8. The number of halogens is 1. The first kappa shape index (κ1) is 52.1. The van der Waals surface area contributed by atoms with Crippen molar-refractivity contribution >= 4 is 81.4 Å². The number of hydrogen-bond donors (Lipinski definition) is 3. The number of nitrogens with zero attached hydrogens (tertiary/aromatic N) is 10. The highest BCUT2D eigenvalue weighted by Gasteiger charge is 2.34. The monoisotopic (exact) mass is 1080 g/mol. The van der Waals surface area contributed by atoms with Crippen molar-refractivity contribution in [3.63, 3.8) is 0 Å². The van der Waals surface area contributed by atoms with Gasteiger partial charge >= 0.3 is 5.69 Å². The second-order valence-corrected chi connectivity index (χ2v) is 25.0. The molecule has 4 fully saturated rings. The SMILES string of the molecule is COc1cc(N2CCC(N3CCC(CN4CCN(c5cccc6c5n(C)c(=O)n6C5CCC(=O)NC5=O)CC4)CC3)CC2)c(-c2cnn(C)c2)cc1Nc1ncc(Cl)c(Nc2ccc(-c3ccccc3)cc2P(C)(C)=O)n1. The minimum Gasteiger partial charge on any atom is -0.494 e. The van der Waals surface area contributed by atoms with E-state index in [-0.39, 0.29) is 18.0 Å². The van der Waals surface area contributed by atoms with Crippen LogP contribution >= 0.6 is 18.7 Å². The Balaban J connectivity index is 0.715. The zero-order valence-electron chi connectivity index (χ0n) is 44.4. The number of rotatable bonds is 14. The van der Waals surface area contributed by atoms with Gasteiger partial charge in [0.25, 0.3) is 0 Å². The maximum absolute atomic E-state index is 13.7. The van der Waals surface area contributed by atoms with Crippen LogP contribution in [0, 0.1) is 5.92 Å². The summed E-state index contributed by atoms with van der Waals surface area (Å²) in [5.74, 6) is 1.27. The van der Waals surface area contributed by atoms with Gasteiger partial charge in [-0.1, -0.05) is 54.1 Å². The van der Waals surface area contributed by atoms with Crippen molar-refractivity contribution in [1.82, 2.24) is 44.0 Å². The number of ether oxygens (including phenoxy) is 1. The number of imide groups is 1. The van der Waals surface area contributed by atoms with Crippen molar-refractivity contribution in [2.24, 2.45) is 20.0 Å². The highest BCUT2D eigenvalue weighted by Crippen LogP contribution is 2.43. The third-order valence-electron chi connectivity index (χ3n) is 16.1. The van der Waals surface area contributed by atoms with Crippen LogP contribution in [-0.2, 0) is 28.2 Å². The lowest BCUT2D eigenvalue weighted by atomic mass is 9.92. The van der Waals surface area contributed by atoms with Crippen LogP contribution in [0.2, 0.25) is 5.02 Å². The number of likely N-dealkylation sites (tertiary alicyclic amines) is 1. The molecule has 7 aromatic rings. The third kappa shape index (κ3) is 10.9. The van der Waals surface area contributed by atoms with Crippen molar-refractivity contribution in [3.8, 4) is 28.0 Å². The van der Waals surface area contributed by atoms with Crippen LogP contribution < -0.4 is 41.5 Å². The molecule has 0 aliphatic carbocycles. The van der Waals surface area contributed by atoms with E-state index in [1.165, 1.54) is 12.8 Å². The largest absolute Gasteiger partial charge is 0.494 e. The van der Waals surface area contributed by atoms with Crippen molar-refractivity contribution in [3.05, 3.63) is 113 Å². The van der Waals surface area contributed by atoms with Gasteiger partial charge in [-0.05, 0) is 106 Å². The van der Waals surface area contributed by atoms with Crippen LogP contribution in [0.25, 0.3) is 33.3 Å². The highest BCUT2D eigenvalue weighted by molar-refractivity contribution is 7.70. The fourth-order valence-electron chi connectivity index (χ4n) is 12.0. The maximum Gasteiger partial charge on any atom is 0.329 e. The summed E-state index contributed by atoms with van der Waals surface area (Å²) in [5, 5.41) is 14.8. The molecule has 0 spiro atoms. The number of carbonyl (C=O) groups excluding carboxylic acids is 2. The Hall–Kier alpha value is -6.98. The van der Waals surface area contributed by atoms with E-state index < -0.39 is 19.1 Å². The number of hydrogen-bond acceptors (Lipinski definition) is 14. The molecule has 20 heteroatoms. The van der Waals surface area contributed by atoms with E-state index in [9.17, 15) is 18.9 Å². The predicted octanol–water partition coefficient (Wildman–Crippen LogP) is 8.08. The predicted molar refractivity (Wildman–Crippen MR) is 307 cm³/mol. The van der Waals surface area contributed by atoms with Gasteiger partial charge in [0.1, 0.15) is 24.0 Å². The Morgan fingerprint density at radius 2 is 1.52 bits per heavy atom. The number of piperazine rings is 1. The van der Waals surface area contributed by atoms with Crippen LogP contribution in [0.15, 0.2) is 102 Å². The standard InChI is InChI=1S/C57H67ClN13O5P/c1-65-36-40(33-60-65)42-31-45(62-56-59-34-43(58)54(64-56)61-44-15-14-39(30-51(44)77(4,5)75)38-10-7-6-8-11-38)50(76-3)32-49(42)69-24-20-41(21-25-69)68-22-18-37(19-23-68)35-67-26-28-70(29-27-67)46-12-9-13-47-53(46)66(2)57(74)71(47)48-16-17-52(72)63-55(48)73/h6-15,30-34,36-37,41,48H,16-29,35H2,1-5H3,(H,63,72,73)(H2,59,61,62,64). The van der Waals surface area contributed by atoms with Crippen LogP contribution in [0.5, 0.6) is 5.75 Å². The highest BCUT2D eigenvalue weighted by atomic mass is 35.5. The zero-order valence-corrected chi connectivity index (χ0v) is 46.1. The van der Waals surface area contributed by atoms with Gasteiger partial charge in [-0.3, -0.25) is 33.6 Å². The van der Waals surface area contributed by atoms with Crippen molar-refractivity contribution < 1.29 is 18.9 Å². The van der Waals surface area contributed by atoms with Gasteiger partial charge < -0.3 is 34.6 Å². The van der Waals surface area contributed by atoms with E-state index in [1.807, 2.05) is 84.8 Å². The lowest BCUT2D eigenvalue weighted by Crippen LogP contribution is -2.51. The Bertz CT molecular complexity index is 3440. The summed E-state index contributed by atoms with van der Waals surface area (Å²) >= 11 is 6.73. The number of methoxy groups -OCH3 is 1. The first-order valence-corrected chi connectivity index (χ1v) is 29.7. The molecule has 11 rings (SSSR count). The number of anilines is 6. The number of carbonyl (C=O) groups is 2. The molecule has 402 valence electrons. The summed E-state index contributed by atoms with van der Waals surface area (Å²) in [6.07, 6.45) is 10.5. The van der Waals surface area contributed by atoms with E-state index >= 15 is 0 Å². The molecule has 3 aromatic heterocycles. The van der Waals surface area contributed by atoms with Crippen LogP contribution in [0.1, 0.15) is 44.6 Å². The lowest BCUT2D eigenvalue weighted by Gasteiger charge is -2.44. The number of fused-ring (bicyclic) bond motifs is 1. The van der Waals surface area contributed by atoms with E-state index in [0.717, 1.165) is 116 Å². The van der Waals surface area contributed by atoms with Crippen molar-refractivity contribution in [1.29, 1.82) is 0 Å². The molecule has 4 saturated heterocycles. The quantitative estimate of drug-likeness (QED) is 0.0703. The van der Waals surface area contributed by atoms with Crippen molar-refractivity contribution in [2.75, 3.05) is 99.8 Å². The number of benzene rings is 4. The molecule has 0 saturated carbocycles. The summed E-state index contributed by atoms with van der Waals surface area (Å²) in [7, 11) is 2.64. The number of aromatic nitrogens is 6. The second kappa shape index (κ2) is 21.8. The van der Waals surface area contributed by atoms with Gasteiger partial charge in [0.2, 0.25) is 17.8 Å². The molecule has 18 nitrogen and oxygen atoms in total. The van der Waals surface area contributed by atoms with E-state index in [2.05, 4.69) is 63.8 Å². The zero-order chi connectivity index (χ0) is 53.5. The molecule has 1 unspecified atom stereocenters. The molecule has 77 heavy (non-hydrogen) atoms. The van der Waals surface area contributed by atoms with Crippen LogP contribution in [-0.4, -0.2) is 136 Å². The summed E-state index contributed by atoms with van der Waals surface area (Å²) in [6.45, 7) is 12.3. The smallest absolute Gasteiger partial charge is 0.329 e. The topological polar surface area (TPSA) is 180 Å². The first-order valence-electron chi connectivity index (χ1n) is 26.7. The average Bonchev–Trinajstić information content (AvgIpc) is 4.05. The second-order valence-electron chi connectivity index (χ2n) is 21.4. The van der Waals surface area contributed by atoms with Crippen LogP contribution in [0.3, 0.4) is 0 Å². The minimum atomic E-state index is -2.74. The van der Waals surface area contributed by atoms with Gasteiger partial charge in [0.05, 0.1) is 47.6 Å². The summed E-state index contributed by atoms with van der Waals surface area (Å²) < 4.78 is 24.8. The van der Waals surface area contributed by atoms with E-state index in [1.54, 1.807) is 42.8 Å². The number of para-hydroxylation sites is 1. The fraction of sp³-hybridized carbons (Fsp3) is 0.404. The van der Waals surface area contributed by atoms with Gasteiger partial charge in [0.15, 0.2) is 5.82 Å². The fourth-order valence-corrected chi connectivity index (χ4v) is 13.3. The summed E-state index contributed by atoms with van der Waals surface area (Å²) in [4.78, 5) is 57.8. The molecule has 2 amide bonds. The Labute approximate surface area is 453 Å². The molecular weight excluding hydrogens is 1010 g/mol. The molecule has 3 N–H and O–H groups in total. The molecule has 4 aliphatic heterocycles. The summed E-state index contributed by atoms with van der Waals surface area (Å²) in [5.41, 5.74) is 8.76. The minimum absolute atomic E-state index is 0.215. The Morgan fingerprint density at radius 1 is 0.766 bits per heavy atom. The first-order chi connectivity index (χ1) is 37.2. The lowest BCUT2D eigenvalue weighted by molar-refractivity contribution is -0.135. The molecule has 7 heterocycles. The molecule has 0 radical (unpaired) electrons. The average molecular weight is 1080 g/mol. The molecule has 1 atom stereocenters. The molecular formula is C57H67ClN13O5P. The van der Waals surface area contributed by atoms with Gasteiger partial charge in [-0.2, -0.15) is 10.1 Å². The Morgan fingerprint density at radius 3 is 2.22 bits per heavy atom. The number of piperidine rings is 3. The number of imidazole rings is 1. The number of amides is 2. The number of aryl methyl sites for hydroxylation is 2. The number of nitrogens with one attached hydrogen (secondary N) is 3.